The molecule has 106 valence electrons. The number of anilines is 1. The Balaban J connectivity index is 2.36. The summed E-state index contributed by atoms with van der Waals surface area (Å²) in [6.45, 7) is 4.37. The summed E-state index contributed by atoms with van der Waals surface area (Å²) < 4.78 is 23.2. The molecule has 19 heavy (non-hydrogen) atoms. The minimum absolute atomic E-state index is 0.00370. The summed E-state index contributed by atoms with van der Waals surface area (Å²) in [5.74, 6) is 1.30. The molecule has 1 aliphatic heterocycles. The summed E-state index contributed by atoms with van der Waals surface area (Å²) >= 11 is 0. The fourth-order valence-electron chi connectivity index (χ4n) is 2.64. The van der Waals surface area contributed by atoms with E-state index in [0.717, 1.165) is 22.6 Å². The third-order valence-electron chi connectivity index (χ3n) is 3.75. The van der Waals surface area contributed by atoms with Crippen LogP contribution >= 0.6 is 0 Å². The Hall–Kier alpha value is -1.14. The lowest BCUT2D eigenvalue weighted by Gasteiger charge is -2.27. The van der Waals surface area contributed by atoms with E-state index in [9.17, 15) is 8.42 Å². The minimum atomic E-state index is -2.89. The number of nitrogens with zero attached hydrogens (tertiary/aromatic N) is 2. The van der Waals surface area contributed by atoms with Crippen molar-refractivity contribution in [3.63, 3.8) is 0 Å². The largest absolute Gasteiger partial charge is 0.355 e. The van der Waals surface area contributed by atoms with Gasteiger partial charge < -0.3 is 10.6 Å². The fraction of sp³-hybridized carbons (Fsp3) is 0.615. The van der Waals surface area contributed by atoms with E-state index in [4.69, 9.17) is 5.73 Å². The molecule has 2 N–H and O–H groups in total. The zero-order chi connectivity index (χ0) is 14.2. The number of aromatic nitrogens is 1. The van der Waals surface area contributed by atoms with Crippen LogP contribution in [-0.2, 0) is 16.4 Å². The van der Waals surface area contributed by atoms with Crippen LogP contribution in [0.4, 0.5) is 5.82 Å². The van der Waals surface area contributed by atoms with Gasteiger partial charge in [0, 0.05) is 30.9 Å². The highest BCUT2D eigenvalue weighted by Crippen LogP contribution is 2.26. The summed E-state index contributed by atoms with van der Waals surface area (Å²) in [5, 5.41) is 0. The Morgan fingerprint density at radius 3 is 2.68 bits per heavy atom. The molecule has 1 saturated heterocycles. The molecule has 1 aliphatic rings. The maximum atomic E-state index is 11.6. The SMILES string of the molecule is Cc1cc(C)c(CN)c(N(C)C2CCS(=O)(=O)C2)n1. The maximum Gasteiger partial charge on any atom is 0.152 e. The number of aryl methyl sites for hydroxylation is 2. The summed E-state index contributed by atoms with van der Waals surface area (Å²) in [7, 11) is -0.980. The van der Waals surface area contributed by atoms with E-state index in [-0.39, 0.29) is 17.5 Å². The van der Waals surface area contributed by atoms with Gasteiger partial charge in [-0.15, -0.1) is 0 Å². The first-order valence-electron chi connectivity index (χ1n) is 6.44. The predicted molar refractivity (Wildman–Crippen MR) is 77.1 cm³/mol. The third-order valence-corrected chi connectivity index (χ3v) is 5.50. The lowest BCUT2D eigenvalue weighted by molar-refractivity contribution is 0.600. The van der Waals surface area contributed by atoms with Crippen molar-refractivity contribution in [3.8, 4) is 0 Å². The van der Waals surface area contributed by atoms with Gasteiger partial charge in [-0.25, -0.2) is 13.4 Å². The molecule has 1 aromatic heterocycles. The second kappa shape index (κ2) is 5.09. The molecule has 5 nitrogen and oxygen atoms in total. The van der Waals surface area contributed by atoms with Crippen LogP contribution in [0.1, 0.15) is 23.2 Å². The van der Waals surface area contributed by atoms with E-state index < -0.39 is 9.84 Å². The predicted octanol–water partition coefficient (Wildman–Crippen LogP) is 0.780. The van der Waals surface area contributed by atoms with Crippen molar-refractivity contribution in [2.75, 3.05) is 23.5 Å². The van der Waals surface area contributed by atoms with Crippen molar-refractivity contribution in [1.29, 1.82) is 0 Å². The van der Waals surface area contributed by atoms with E-state index in [0.29, 0.717) is 13.0 Å². The first kappa shape index (κ1) is 14.3. The summed E-state index contributed by atoms with van der Waals surface area (Å²) in [4.78, 5) is 6.53. The van der Waals surface area contributed by atoms with Gasteiger partial charge in [0.15, 0.2) is 9.84 Å². The highest BCUT2D eigenvalue weighted by Gasteiger charge is 2.32. The van der Waals surface area contributed by atoms with Crippen molar-refractivity contribution < 1.29 is 8.42 Å². The van der Waals surface area contributed by atoms with Crippen LogP contribution < -0.4 is 10.6 Å². The Kier molecular flexibility index (Phi) is 3.82. The molecule has 0 aromatic carbocycles. The average Bonchev–Trinajstić information content (AvgIpc) is 2.68. The Morgan fingerprint density at radius 2 is 2.16 bits per heavy atom. The highest BCUT2D eigenvalue weighted by molar-refractivity contribution is 7.91. The van der Waals surface area contributed by atoms with Gasteiger partial charge in [0.25, 0.3) is 0 Å². The van der Waals surface area contributed by atoms with E-state index in [1.54, 1.807) is 0 Å². The van der Waals surface area contributed by atoms with E-state index >= 15 is 0 Å². The smallest absolute Gasteiger partial charge is 0.152 e. The zero-order valence-corrected chi connectivity index (χ0v) is 12.5. The van der Waals surface area contributed by atoms with E-state index in [2.05, 4.69) is 4.98 Å². The van der Waals surface area contributed by atoms with Crippen LogP contribution in [0.5, 0.6) is 0 Å². The van der Waals surface area contributed by atoms with Crippen LogP contribution in [0, 0.1) is 13.8 Å². The second-order valence-corrected chi connectivity index (χ2v) is 7.48. The Morgan fingerprint density at radius 1 is 1.47 bits per heavy atom. The maximum absolute atomic E-state index is 11.6. The molecule has 1 unspecified atom stereocenters. The molecule has 1 fully saturated rings. The topological polar surface area (TPSA) is 76.3 Å². The third kappa shape index (κ3) is 2.90. The van der Waals surface area contributed by atoms with Gasteiger partial charge in [-0.1, -0.05) is 0 Å². The first-order valence-corrected chi connectivity index (χ1v) is 8.26. The number of pyridine rings is 1. The molecule has 1 atom stereocenters. The lowest BCUT2D eigenvalue weighted by atomic mass is 10.1. The fourth-order valence-corrected chi connectivity index (χ4v) is 4.42. The number of hydrogen-bond donors (Lipinski definition) is 1. The molecule has 0 aliphatic carbocycles. The van der Waals surface area contributed by atoms with Gasteiger partial charge >= 0.3 is 0 Å². The number of sulfone groups is 1. The van der Waals surface area contributed by atoms with Gasteiger partial charge in [0.2, 0.25) is 0 Å². The molecule has 0 bridgehead atoms. The summed E-state index contributed by atoms with van der Waals surface area (Å²) in [6.07, 6.45) is 0.664. The molecule has 0 saturated carbocycles. The van der Waals surface area contributed by atoms with Crippen molar-refractivity contribution in [2.45, 2.75) is 32.9 Å². The van der Waals surface area contributed by atoms with Gasteiger partial charge in [-0.2, -0.15) is 0 Å². The molecule has 6 heteroatoms. The van der Waals surface area contributed by atoms with Gasteiger partial charge in [0.05, 0.1) is 11.5 Å². The van der Waals surface area contributed by atoms with Gasteiger partial charge in [0.1, 0.15) is 5.82 Å². The summed E-state index contributed by atoms with van der Waals surface area (Å²) in [5.41, 5.74) is 8.84. The standard InChI is InChI=1S/C13H21N3O2S/c1-9-6-10(2)15-13(12(9)7-14)16(3)11-4-5-19(17,18)8-11/h6,11H,4-5,7-8,14H2,1-3H3. The van der Waals surface area contributed by atoms with Crippen molar-refractivity contribution in [3.05, 3.63) is 22.9 Å². The number of hydrogen-bond acceptors (Lipinski definition) is 5. The van der Waals surface area contributed by atoms with Crippen molar-refractivity contribution in [2.24, 2.45) is 5.73 Å². The van der Waals surface area contributed by atoms with Crippen LogP contribution in [0.25, 0.3) is 0 Å². The molecule has 2 heterocycles. The number of rotatable bonds is 3. The lowest BCUT2D eigenvalue weighted by Crippen LogP contribution is -2.34. The Labute approximate surface area is 114 Å². The van der Waals surface area contributed by atoms with Gasteiger partial charge in [-0.3, -0.25) is 0 Å². The number of nitrogens with two attached hydrogens (primary N) is 1. The molecule has 0 radical (unpaired) electrons. The zero-order valence-electron chi connectivity index (χ0n) is 11.7. The normalized spacial score (nSPS) is 21.6. The summed E-state index contributed by atoms with van der Waals surface area (Å²) in [6, 6.07) is 2.01. The van der Waals surface area contributed by atoms with Crippen molar-refractivity contribution >= 4 is 15.7 Å². The quantitative estimate of drug-likeness (QED) is 0.887. The van der Waals surface area contributed by atoms with Crippen LogP contribution in [0.15, 0.2) is 6.07 Å². The van der Waals surface area contributed by atoms with Crippen LogP contribution in [0.2, 0.25) is 0 Å². The molecular weight excluding hydrogens is 262 g/mol. The second-order valence-electron chi connectivity index (χ2n) is 5.25. The molecule has 0 amide bonds. The molecule has 2 rings (SSSR count). The first-order chi connectivity index (χ1) is 8.84. The van der Waals surface area contributed by atoms with Gasteiger partial charge in [-0.05, 0) is 31.9 Å². The monoisotopic (exact) mass is 283 g/mol. The molecular formula is C13H21N3O2S. The highest BCUT2D eigenvalue weighted by atomic mass is 32.2. The van der Waals surface area contributed by atoms with Crippen LogP contribution in [0.3, 0.4) is 0 Å². The van der Waals surface area contributed by atoms with E-state index in [1.165, 1.54) is 0 Å². The molecule has 0 spiro atoms. The average molecular weight is 283 g/mol. The van der Waals surface area contributed by atoms with Crippen molar-refractivity contribution in [1.82, 2.24) is 4.98 Å². The Bertz CT molecular complexity index is 584. The van der Waals surface area contributed by atoms with Crippen LogP contribution in [-0.4, -0.2) is 38.0 Å². The minimum Gasteiger partial charge on any atom is -0.355 e. The van der Waals surface area contributed by atoms with E-state index in [1.807, 2.05) is 31.9 Å². The molecule has 1 aromatic rings.